The van der Waals surface area contributed by atoms with Crippen molar-refractivity contribution in [3.05, 3.63) is 167 Å². The molecule has 230 valence electrons. The van der Waals surface area contributed by atoms with Gasteiger partial charge in [0.1, 0.15) is 5.75 Å². The number of nitrogens with zero attached hydrogens (tertiary/aromatic N) is 1. The Kier molecular flexibility index (Phi) is 6.45. The number of hydrogen-bond donors (Lipinski definition) is 0. The number of carbonyl (C=O) groups is 3. The van der Waals surface area contributed by atoms with Crippen molar-refractivity contribution < 1.29 is 19.1 Å². The predicted octanol–water partition coefficient (Wildman–Crippen LogP) is 7.50. The van der Waals surface area contributed by atoms with Crippen LogP contribution in [0.4, 0.5) is 5.69 Å². The third kappa shape index (κ3) is 3.68. The van der Waals surface area contributed by atoms with Crippen molar-refractivity contribution in [2.24, 2.45) is 11.8 Å². The standard InChI is InChI=1S/C42H33NO4/c1-26-18-22-28(23-19-26)34-35(29-24-20-27(2)21-25-29)42(31-14-8-5-9-15-31)37-36(41(34,40(42)46)30-12-6-4-7-13-30)38(44)43(39(37)45)32-16-10-11-17-33(32)47-3/h4-25,36-37H,1-3H3/t36-,37-,41-,42-/m0/s1. The SMILES string of the molecule is COc1ccccc1N1C(=O)[C@@H]2[C@@H](C1=O)[C@@]1(c3ccccc3)C(=O)[C@@]2(c2ccccc2)C(c2ccc(C)cc2)=C1c1ccc(C)cc1. The Hall–Kier alpha value is -5.55. The van der Waals surface area contributed by atoms with E-state index in [-0.39, 0.29) is 5.78 Å². The number of fused-ring (bicyclic) bond motifs is 5. The Morgan fingerprint density at radius 1 is 0.532 bits per heavy atom. The molecule has 2 bridgehead atoms. The second-order valence-electron chi connectivity index (χ2n) is 12.8. The third-order valence-electron chi connectivity index (χ3n) is 10.5. The van der Waals surface area contributed by atoms with E-state index in [9.17, 15) is 0 Å². The molecule has 5 aromatic rings. The number of allylic oxidation sites excluding steroid dienone is 2. The summed E-state index contributed by atoms with van der Waals surface area (Å²) >= 11 is 0. The lowest BCUT2D eigenvalue weighted by Gasteiger charge is -2.39. The van der Waals surface area contributed by atoms with Crippen LogP contribution in [0.2, 0.25) is 0 Å². The smallest absolute Gasteiger partial charge is 0.239 e. The van der Waals surface area contributed by atoms with E-state index in [0.29, 0.717) is 22.6 Å². The van der Waals surface area contributed by atoms with Crippen molar-refractivity contribution in [3.8, 4) is 5.75 Å². The summed E-state index contributed by atoms with van der Waals surface area (Å²) in [5.41, 5.74) is 4.35. The number of amides is 2. The Morgan fingerprint density at radius 3 is 1.36 bits per heavy atom. The van der Waals surface area contributed by atoms with E-state index in [1.165, 1.54) is 12.0 Å². The number of carbonyl (C=O) groups excluding carboxylic acids is 3. The molecule has 5 heteroatoms. The second kappa shape index (κ2) is 10.5. The molecule has 0 spiro atoms. The maximum absolute atomic E-state index is 16.0. The fourth-order valence-corrected chi connectivity index (χ4v) is 8.62. The second-order valence-corrected chi connectivity index (χ2v) is 12.8. The molecular formula is C42H33NO4. The number of Topliss-reactive ketones (excluding diaryl/α,β-unsaturated/α-hetero) is 1. The molecular weight excluding hydrogens is 582 g/mol. The molecule has 2 fully saturated rings. The van der Waals surface area contributed by atoms with Crippen molar-refractivity contribution in [1.29, 1.82) is 0 Å². The van der Waals surface area contributed by atoms with Crippen LogP contribution in [0, 0.1) is 25.7 Å². The van der Waals surface area contributed by atoms with Gasteiger partial charge in [0.15, 0.2) is 5.78 Å². The minimum absolute atomic E-state index is 0.134. The molecule has 47 heavy (non-hydrogen) atoms. The quantitative estimate of drug-likeness (QED) is 0.186. The minimum atomic E-state index is -1.44. The fraction of sp³-hybridized carbons (Fsp3) is 0.167. The lowest BCUT2D eigenvalue weighted by atomic mass is 9.59. The summed E-state index contributed by atoms with van der Waals surface area (Å²) in [6.45, 7) is 4.06. The van der Waals surface area contributed by atoms with Crippen LogP contribution in [0.15, 0.2) is 133 Å². The number of ketones is 1. The number of aryl methyl sites for hydroxylation is 2. The molecule has 0 aromatic heterocycles. The molecule has 1 aliphatic heterocycles. The number of rotatable bonds is 6. The Balaban J connectivity index is 1.56. The third-order valence-corrected chi connectivity index (χ3v) is 10.5. The number of anilines is 1. The molecule has 2 amide bonds. The van der Waals surface area contributed by atoms with Gasteiger partial charge in [-0.2, -0.15) is 0 Å². The first-order chi connectivity index (χ1) is 22.9. The fourth-order valence-electron chi connectivity index (χ4n) is 8.62. The van der Waals surface area contributed by atoms with Gasteiger partial charge in [-0.1, -0.05) is 132 Å². The van der Waals surface area contributed by atoms with E-state index < -0.39 is 34.5 Å². The molecule has 1 heterocycles. The van der Waals surface area contributed by atoms with Crippen LogP contribution in [0.3, 0.4) is 0 Å². The maximum Gasteiger partial charge on any atom is 0.239 e. The molecule has 3 aliphatic rings. The lowest BCUT2D eigenvalue weighted by molar-refractivity contribution is -0.130. The van der Waals surface area contributed by atoms with E-state index in [2.05, 4.69) is 0 Å². The maximum atomic E-state index is 16.0. The zero-order valence-corrected chi connectivity index (χ0v) is 26.4. The summed E-state index contributed by atoms with van der Waals surface area (Å²) in [4.78, 5) is 47.6. The molecule has 0 unspecified atom stereocenters. The Labute approximate surface area is 274 Å². The minimum Gasteiger partial charge on any atom is -0.495 e. The summed E-state index contributed by atoms with van der Waals surface area (Å²) in [6.07, 6.45) is 0. The molecule has 0 N–H and O–H groups in total. The van der Waals surface area contributed by atoms with Gasteiger partial charge >= 0.3 is 0 Å². The van der Waals surface area contributed by atoms with Gasteiger partial charge in [0, 0.05) is 0 Å². The number of para-hydroxylation sites is 2. The van der Waals surface area contributed by atoms with Crippen LogP contribution in [0.1, 0.15) is 33.4 Å². The number of hydrogen-bond acceptors (Lipinski definition) is 4. The van der Waals surface area contributed by atoms with Crippen molar-refractivity contribution in [2.75, 3.05) is 12.0 Å². The van der Waals surface area contributed by atoms with Crippen LogP contribution in [-0.2, 0) is 25.2 Å². The molecule has 5 nitrogen and oxygen atoms in total. The first-order valence-corrected chi connectivity index (χ1v) is 15.9. The summed E-state index contributed by atoms with van der Waals surface area (Å²) in [5, 5.41) is 0. The summed E-state index contributed by atoms with van der Waals surface area (Å²) in [6, 6.07) is 42.6. The topological polar surface area (TPSA) is 63.7 Å². The zero-order valence-electron chi connectivity index (χ0n) is 26.4. The molecule has 8 rings (SSSR count). The van der Waals surface area contributed by atoms with Crippen molar-refractivity contribution in [3.63, 3.8) is 0 Å². The molecule has 2 aliphatic carbocycles. The highest BCUT2D eigenvalue weighted by Crippen LogP contribution is 2.74. The lowest BCUT2D eigenvalue weighted by Crippen LogP contribution is -2.45. The number of imide groups is 1. The van der Waals surface area contributed by atoms with Gasteiger partial charge in [-0.25, -0.2) is 4.90 Å². The molecule has 1 saturated carbocycles. The highest BCUT2D eigenvalue weighted by molar-refractivity contribution is 6.39. The van der Waals surface area contributed by atoms with Crippen LogP contribution in [0.25, 0.3) is 11.1 Å². The van der Waals surface area contributed by atoms with Gasteiger partial charge in [-0.15, -0.1) is 0 Å². The highest BCUT2D eigenvalue weighted by Gasteiger charge is 2.82. The summed E-state index contributed by atoms with van der Waals surface area (Å²) in [5.74, 6) is -2.48. The summed E-state index contributed by atoms with van der Waals surface area (Å²) in [7, 11) is 1.53. The van der Waals surface area contributed by atoms with Crippen molar-refractivity contribution in [1.82, 2.24) is 0 Å². The van der Waals surface area contributed by atoms with Crippen molar-refractivity contribution in [2.45, 2.75) is 24.7 Å². The average Bonchev–Trinajstić information content (AvgIpc) is 3.61. The van der Waals surface area contributed by atoms with Crippen LogP contribution in [0.5, 0.6) is 5.75 Å². The monoisotopic (exact) mass is 615 g/mol. The first kappa shape index (κ1) is 28.9. The largest absolute Gasteiger partial charge is 0.495 e. The molecule has 4 atom stereocenters. The van der Waals surface area contributed by atoms with E-state index in [1.54, 1.807) is 18.2 Å². The van der Waals surface area contributed by atoms with Gasteiger partial charge in [0.25, 0.3) is 0 Å². The predicted molar refractivity (Wildman–Crippen MR) is 183 cm³/mol. The van der Waals surface area contributed by atoms with E-state index >= 15 is 14.4 Å². The first-order valence-electron chi connectivity index (χ1n) is 15.9. The van der Waals surface area contributed by atoms with Crippen molar-refractivity contribution >= 4 is 34.4 Å². The van der Waals surface area contributed by atoms with Gasteiger partial charge in [0.2, 0.25) is 11.8 Å². The van der Waals surface area contributed by atoms with Gasteiger partial charge in [0.05, 0.1) is 35.5 Å². The normalized spacial score (nSPS) is 24.7. The Bertz CT molecular complexity index is 1970. The zero-order chi connectivity index (χ0) is 32.5. The van der Waals surface area contributed by atoms with Crippen LogP contribution >= 0.6 is 0 Å². The molecule has 5 aromatic carbocycles. The van der Waals surface area contributed by atoms with Gasteiger partial charge in [-0.3, -0.25) is 14.4 Å². The van der Waals surface area contributed by atoms with Gasteiger partial charge in [-0.05, 0) is 59.4 Å². The van der Waals surface area contributed by atoms with E-state index in [0.717, 1.165) is 33.4 Å². The number of benzene rings is 5. The molecule has 1 saturated heterocycles. The number of ether oxygens (including phenoxy) is 1. The van der Waals surface area contributed by atoms with E-state index in [1.807, 2.05) is 129 Å². The van der Waals surface area contributed by atoms with Crippen LogP contribution < -0.4 is 9.64 Å². The van der Waals surface area contributed by atoms with E-state index in [4.69, 9.17) is 4.74 Å². The summed E-state index contributed by atoms with van der Waals surface area (Å²) < 4.78 is 5.67. The van der Waals surface area contributed by atoms with Crippen LogP contribution in [-0.4, -0.2) is 24.7 Å². The molecule has 0 radical (unpaired) electrons. The Morgan fingerprint density at radius 2 is 0.936 bits per heavy atom. The highest BCUT2D eigenvalue weighted by atomic mass is 16.5. The number of methoxy groups -OCH3 is 1. The average molecular weight is 616 g/mol. The van der Waals surface area contributed by atoms with Gasteiger partial charge < -0.3 is 4.74 Å².